The lowest BCUT2D eigenvalue weighted by Crippen LogP contribution is -2.18. The molecule has 35 heavy (non-hydrogen) atoms. The van der Waals surface area contributed by atoms with Crippen molar-refractivity contribution in [2.24, 2.45) is 0 Å². The van der Waals surface area contributed by atoms with Crippen LogP contribution in [0.3, 0.4) is 0 Å². The van der Waals surface area contributed by atoms with Crippen LogP contribution in [0.15, 0.2) is 84.9 Å². The van der Waals surface area contributed by atoms with Gasteiger partial charge in [-0.15, -0.1) is 0 Å². The van der Waals surface area contributed by atoms with E-state index >= 15 is 0 Å². The van der Waals surface area contributed by atoms with Gasteiger partial charge in [0.15, 0.2) is 0 Å². The van der Waals surface area contributed by atoms with E-state index in [2.05, 4.69) is 0 Å². The molecule has 4 aromatic rings. The smallest absolute Gasteiger partial charge is 0.322 e. The summed E-state index contributed by atoms with van der Waals surface area (Å²) in [7, 11) is 0. The van der Waals surface area contributed by atoms with Crippen molar-refractivity contribution in [1.29, 1.82) is 0 Å². The summed E-state index contributed by atoms with van der Waals surface area (Å²) in [6.45, 7) is 0. The van der Waals surface area contributed by atoms with Gasteiger partial charge in [0.2, 0.25) is 0 Å². The van der Waals surface area contributed by atoms with Gasteiger partial charge in [-0.2, -0.15) is 0 Å². The Morgan fingerprint density at radius 3 is 1.26 bits per heavy atom. The quantitative estimate of drug-likeness (QED) is 0.137. The van der Waals surface area contributed by atoms with Gasteiger partial charge in [-0.3, -0.25) is 9.59 Å². The molecule has 0 radical (unpaired) electrons. The van der Waals surface area contributed by atoms with Gasteiger partial charge < -0.3 is 9.47 Å². The summed E-state index contributed by atoms with van der Waals surface area (Å²) in [4.78, 5) is 24.1. The average Bonchev–Trinajstić information content (AvgIpc) is 2.81. The van der Waals surface area contributed by atoms with E-state index in [4.69, 9.17) is 9.47 Å². The number of hydrogen-bond acceptors (Lipinski definition) is 4. The minimum atomic E-state index is -1.01. The molecule has 8 heteroatoms. The van der Waals surface area contributed by atoms with Gasteiger partial charge in [-0.1, -0.05) is 24.3 Å². The molecule has 0 aliphatic carbocycles. The largest absolute Gasteiger partial charge is 0.426 e. The normalized spacial score (nSPS) is 10.6. The summed E-state index contributed by atoms with van der Waals surface area (Å²) >= 11 is 0. The average molecular weight is 480 g/mol. The molecule has 0 saturated carbocycles. The van der Waals surface area contributed by atoms with Crippen LogP contribution in [0.5, 0.6) is 11.5 Å². The molecule has 0 atom stereocenters. The molecule has 0 amide bonds. The van der Waals surface area contributed by atoms with Gasteiger partial charge >= 0.3 is 11.9 Å². The maximum absolute atomic E-state index is 14.4. The predicted molar refractivity (Wildman–Crippen MR) is 119 cm³/mol. The second-order valence-electron chi connectivity index (χ2n) is 7.42. The van der Waals surface area contributed by atoms with E-state index in [1.54, 1.807) is 0 Å². The van der Waals surface area contributed by atoms with Crippen molar-refractivity contribution in [1.82, 2.24) is 0 Å². The van der Waals surface area contributed by atoms with Gasteiger partial charge in [0.05, 0.1) is 0 Å². The third-order valence-electron chi connectivity index (χ3n) is 4.94. The van der Waals surface area contributed by atoms with Crippen LogP contribution in [0.2, 0.25) is 0 Å². The van der Waals surface area contributed by atoms with E-state index < -0.39 is 41.6 Å². The lowest BCUT2D eigenvalue weighted by molar-refractivity contribution is -0.144. The van der Waals surface area contributed by atoms with Crippen molar-refractivity contribution in [3.63, 3.8) is 0 Å². The molecule has 0 bridgehead atoms. The fraction of sp³-hybridized carbons (Fsp3) is 0.0370. The second-order valence-corrected chi connectivity index (χ2v) is 7.42. The van der Waals surface area contributed by atoms with Crippen LogP contribution < -0.4 is 9.47 Å². The van der Waals surface area contributed by atoms with Crippen molar-refractivity contribution < 1.29 is 36.6 Å². The maximum Gasteiger partial charge on any atom is 0.322 e. The number of benzene rings is 4. The molecule has 176 valence electrons. The number of carbonyl (C=O) groups excluding carboxylic acids is 2. The Morgan fingerprint density at radius 1 is 0.543 bits per heavy atom. The minimum Gasteiger partial charge on any atom is -0.426 e. The summed E-state index contributed by atoms with van der Waals surface area (Å²) < 4.78 is 64.9. The fourth-order valence-corrected chi connectivity index (χ4v) is 3.30. The van der Waals surface area contributed by atoms with E-state index in [-0.39, 0.29) is 22.6 Å². The number of ether oxygens (including phenoxy) is 2. The molecule has 0 aromatic heterocycles. The molecule has 0 fully saturated rings. The SMILES string of the molecule is O=C(CC(=O)Oc1ccc(-c2ccc(F)cc2)c(F)c1)Oc1ccc(-c2ccc(F)cc2)c(F)c1. The van der Waals surface area contributed by atoms with Gasteiger partial charge in [0.1, 0.15) is 41.2 Å². The Bertz CT molecular complexity index is 1280. The second kappa shape index (κ2) is 10.2. The summed E-state index contributed by atoms with van der Waals surface area (Å²) in [5.74, 6) is -4.62. The molecule has 0 heterocycles. The minimum absolute atomic E-state index is 0.138. The van der Waals surface area contributed by atoms with Gasteiger partial charge in [-0.25, -0.2) is 17.6 Å². The lowest BCUT2D eigenvalue weighted by atomic mass is 10.1. The van der Waals surface area contributed by atoms with Crippen LogP contribution in [0, 0.1) is 23.3 Å². The summed E-state index contributed by atoms with van der Waals surface area (Å²) in [6, 6.07) is 17.7. The van der Waals surface area contributed by atoms with E-state index in [0.29, 0.717) is 11.1 Å². The third-order valence-corrected chi connectivity index (χ3v) is 4.94. The van der Waals surface area contributed by atoms with E-state index in [9.17, 15) is 27.2 Å². The first-order chi connectivity index (χ1) is 16.8. The molecular weight excluding hydrogens is 464 g/mol. The number of hydrogen-bond donors (Lipinski definition) is 0. The molecule has 0 aliphatic heterocycles. The van der Waals surface area contributed by atoms with Crippen LogP contribution in [-0.4, -0.2) is 11.9 Å². The Labute approximate surface area is 197 Å². The first-order valence-electron chi connectivity index (χ1n) is 10.3. The molecule has 4 aromatic carbocycles. The maximum atomic E-state index is 14.4. The molecule has 0 aliphatic rings. The van der Waals surface area contributed by atoms with E-state index in [0.717, 1.165) is 12.1 Å². The van der Waals surface area contributed by atoms with Gasteiger partial charge in [0, 0.05) is 23.3 Å². The topological polar surface area (TPSA) is 52.6 Å². The fourth-order valence-electron chi connectivity index (χ4n) is 3.30. The van der Waals surface area contributed by atoms with Crippen molar-refractivity contribution >= 4 is 11.9 Å². The van der Waals surface area contributed by atoms with Gasteiger partial charge in [0.25, 0.3) is 0 Å². The van der Waals surface area contributed by atoms with Gasteiger partial charge in [-0.05, 0) is 59.7 Å². The Kier molecular flexibility index (Phi) is 6.91. The van der Waals surface area contributed by atoms with E-state index in [1.807, 2.05) is 0 Å². The highest BCUT2D eigenvalue weighted by Crippen LogP contribution is 2.28. The predicted octanol–water partition coefficient (Wildman–Crippen LogP) is 6.48. The van der Waals surface area contributed by atoms with Crippen LogP contribution in [0.1, 0.15) is 6.42 Å². The summed E-state index contributed by atoms with van der Waals surface area (Å²) in [6.07, 6.45) is -0.803. The third kappa shape index (κ3) is 5.92. The molecule has 0 N–H and O–H groups in total. The number of esters is 2. The van der Waals surface area contributed by atoms with Crippen molar-refractivity contribution in [3.05, 3.63) is 108 Å². The van der Waals surface area contributed by atoms with Crippen LogP contribution in [-0.2, 0) is 9.59 Å². The van der Waals surface area contributed by atoms with Crippen molar-refractivity contribution in [2.45, 2.75) is 6.42 Å². The lowest BCUT2D eigenvalue weighted by Gasteiger charge is -2.09. The number of rotatable bonds is 6. The number of halogens is 4. The Balaban J connectivity index is 1.36. The first-order valence-corrected chi connectivity index (χ1v) is 10.3. The van der Waals surface area contributed by atoms with Crippen molar-refractivity contribution in [2.75, 3.05) is 0 Å². The molecule has 0 unspecified atom stereocenters. The summed E-state index contributed by atoms with van der Waals surface area (Å²) in [5.41, 5.74) is 1.22. The standard InChI is InChI=1S/C27H16F4O4/c28-18-5-1-16(2-6-18)22-11-9-20(13-24(22)30)34-26(32)15-27(33)35-21-10-12-23(25(31)14-21)17-3-7-19(29)8-4-17/h1-14H,15H2. The highest BCUT2D eigenvalue weighted by atomic mass is 19.1. The molecule has 0 saturated heterocycles. The molecule has 0 spiro atoms. The summed E-state index contributed by atoms with van der Waals surface area (Å²) in [5, 5.41) is 0. The van der Waals surface area contributed by atoms with Crippen LogP contribution >= 0.6 is 0 Å². The molecule has 4 rings (SSSR count). The highest BCUT2D eigenvalue weighted by molar-refractivity contribution is 5.93. The van der Waals surface area contributed by atoms with Crippen LogP contribution in [0.25, 0.3) is 22.3 Å². The van der Waals surface area contributed by atoms with Crippen LogP contribution in [0.4, 0.5) is 17.6 Å². The van der Waals surface area contributed by atoms with Crippen molar-refractivity contribution in [3.8, 4) is 33.8 Å². The van der Waals surface area contributed by atoms with E-state index in [1.165, 1.54) is 72.8 Å². The molecule has 4 nitrogen and oxygen atoms in total. The first kappa shape index (κ1) is 23.7. The Morgan fingerprint density at radius 2 is 0.914 bits per heavy atom. The zero-order chi connectivity index (χ0) is 24.9. The zero-order valence-electron chi connectivity index (χ0n) is 17.9. The number of carbonyl (C=O) groups is 2. The highest BCUT2D eigenvalue weighted by Gasteiger charge is 2.17. The zero-order valence-corrected chi connectivity index (χ0v) is 17.9. The Hall–Kier alpha value is -4.46. The monoisotopic (exact) mass is 480 g/mol. The molecular formula is C27H16F4O4.